The molecule has 3 nitrogen and oxygen atoms in total. The van der Waals surface area contributed by atoms with E-state index in [2.05, 4.69) is 53.2 Å². The Morgan fingerprint density at radius 3 is 2.87 bits per heavy atom. The molecule has 2 atom stereocenters. The van der Waals surface area contributed by atoms with Gasteiger partial charge in [0.05, 0.1) is 11.8 Å². The highest BCUT2D eigenvalue weighted by Crippen LogP contribution is 2.25. The number of likely N-dealkylation sites (tertiary alicyclic amines) is 1. The van der Waals surface area contributed by atoms with Crippen molar-refractivity contribution in [3.63, 3.8) is 0 Å². The molecule has 1 fully saturated rings. The van der Waals surface area contributed by atoms with Crippen LogP contribution in [0.2, 0.25) is 0 Å². The largest absolute Gasteiger partial charge is 0.381 e. The Labute approximate surface area is 139 Å². The standard InChI is InChI=1S/C20H26N2O/c1-16-6-5-7-17(12-16)13-18-14-22(11-9-20(18)23-2)15-19-8-3-4-10-21-19/h3-8,10,12,18,20H,9,11,13-15H2,1-2H3/t18-,20+/m1/s1. The van der Waals surface area contributed by atoms with Crippen LogP contribution in [0.25, 0.3) is 0 Å². The van der Waals surface area contributed by atoms with Gasteiger partial charge in [0.25, 0.3) is 0 Å². The average molecular weight is 310 g/mol. The minimum absolute atomic E-state index is 0.357. The summed E-state index contributed by atoms with van der Waals surface area (Å²) in [5.74, 6) is 0.541. The van der Waals surface area contributed by atoms with Crippen LogP contribution in [0.4, 0.5) is 0 Å². The van der Waals surface area contributed by atoms with Gasteiger partial charge in [-0.2, -0.15) is 0 Å². The maximum atomic E-state index is 5.76. The average Bonchev–Trinajstić information content (AvgIpc) is 2.56. The smallest absolute Gasteiger partial charge is 0.0627 e. The summed E-state index contributed by atoms with van der Waals surface area (Å²) in [6, 6.07) is 15.0. The number of hydrogen-bond acceptors (Lipinski definition) is 3. The Balaban J connectivity index is 1.66. The molecule has 2 heterocycles. The van der Waals surface area contributed by atoms with Crippen molar-refractivity contribution in [2.45, 2.75) is 32.4 Å². The van der Waals surface area contributed by atoms with Gasteiger partial charge >= 0.3 is 0 Å². The molecule has 3 heteroatoms. The second kappa shape index (κ2) is 7.71. The lowest BCUT2D eigenvalue weighted by atomic mass is 9.88. The van der Waals surface area contributed by atoms with Crippen LogP contribution < -0.4 is 0 Å². The summed E-state index contributed by atoms with van der Waals surface area (Å²) < 4.78 is 5.76. The molecule has 0 bridgehead atoms. The normalized spacial score (nSPS) is 22.2. The molecule has 1 saturated heterocycles. The van der Waals surface area contributed by atoms with Crippen molar-refractivity contribution in [1.82, 2.24) is 9.88 Å². The van der Waals surface area contributed by atoms with Gasteiger partial charge in [0.2, 0.25) is 0 Å². The summed E-state index contributed by atoms with van der Waals surface area (Å²) in [6.45, 7) is 5.25. The monoisotopic (exact) mass is 310 g/mol. The van der Waals surface area contributed by atoms with Crippen molar-refractivity contribution in [1.29, 1.82) is 0 Å². The van der Waals surface area contributed by atoms with Crippen LogP contribution in [0.3, 0.4) is 0 Å². The molecule has 0 radical (unpaired) electrons. The molecule has 23 heavy (non-hydrogen) atoms. The Kier molecular flexibility index (Phi) is 5.42. The summed E-state index contributed by atoms with van der Waals surface area (Å²) in [7, 11) is 1.85. The first-order valence-electron chi connectivity index (χ1n) is 8.45. The third-order valence-corrected chi connectivity index (χ3v) is 4.74. The maximum Gasteiger partial charge on any atom is 0.0627 e. The van der Waals surface area contributed by atoms with E-state index in [0.29, 0.717) is 12.0 Å². The molecular formula is C20H26N2O. The Morgan fingerprint density at radius 2 is 2.13 bits per heavy atom. The quantitative estimate of drug-likeness (QED) is 0.845. The zero-order valence-electron chi connectivity index (χ0n) is 14.1. The number of benzene rings is 1. The summed E-state index contributed by atoms with van der Waals surface area (Å²) in [5, 5.41) is 0. The highest BCUT2D eigenvalue weighted by Gasteiger charge is 2.29. The molecule has 2 aromatic rings. The van der Waals surface area contributed by atoms with E-state index in [-0.39, 0.29) is 0 Å². The fourth-order valence-corrected chi connectivity index (χ4v) is 3.60. The Bertz CT molecular complexity index is 614. The molecule has 3 rings (SSSR count). The van der Waals surface area contributed by atoms with Gasteiger partial charge in [-0.05, 0) is 37.5 Å². The molecule has 0 amide bonds. The third-order valence-electron chi connectivity index (χ3n) is 4.74. The first kappa shape index (κ1) is 16.2. The van der Waals surface area contributed by atoms with Crippen molar-refractivity contribution in [2.24, 2.45) is 5.92 Å². The van der Waals surface area contributed by atoms with Crippen molar-refractivity contribution in [3.8, 4) is 0 Å². The minimum atomic E-state index is 0.357. The fraction of sp³-hybridized carbons (Fsp3) is 0.450. The van der Waals surface area contributed by atoms with Gasteiger partial charge in [-0.1, -0.05) is 35.9 Å². The number of aryl methyl sites for hydroxylation is 1. The van der Waals surface area contributed by atoms with Crippen LogP contribution in [0.1, 0.15) is 23.2 Å². The molecule has 1 aromatic heterocycles. The van der Waals surface area contributed by atoms with Gasteiger partial charge in [-0.3, -0.25) is 9.88 Å². The lowest BCUT2D eigenvalue weighted by Crippen LogP contribution is -2.44. The molecular weight excluding hydrogens is 284 g/mol. The van der Waals surface area contributed by atoms with Crippen LogP contribution >= 0.6 is 0 Å². The number of hydrogen-bond donors (Lipinski definition) is 0. The fourth-order valence-electron chi connectivity index (χ4n) is 3.60. The predicted molar refractivity (Wildman–Crippen MR) is 93.3 cm³/mol. The van der Waals surface area contributed by atoms with Gasteiger partial charge in [0.15, 0.2) is 0 Å². The van der Waals surface area contributed by atoms with Crippen LogP contribution in [-0.4, -0.2) is 36.2 Å². The van der Waals surface area contributed by atoms with Gasteiger partial charge in [0.1, 0.15) is 0 Å². The number of rotatable bonds is 5. The number of pyridine rings is 1. The van der Waals surface area contributed by atoms with Gasteiger partial charge < -0.3 is 4.74 Å². The van der Waals surface area contributed by atoms with E-state index < -0.39 is 0 Å². The second-order valence-corrected chi connectivity index (χ2v) is 6.57. The van der Waals surface area contributed by atoms with Gasteiger partial charge in [-0.25, -0.2) is 0 Å². The molecule has 1 aliphatic heterocycles. The van der Waals surface area contributed by atoms with E-state index in [4.69, 9.17) is 4.74 Å². The van der Waals surface area contributed by atoms with Gasteiger partial charge in [-0.15, -0.1) is 0 Å². The summed E-state index contributed by atoms with van der Waals surface area (Å²) in [6.07, 6.45) is 4.41. The van der Waals surface area contributed by atoms with E-state index in [1.807, 2.05) is 19.4 Å². The van der Waals surface area contributed by atoms with E-state index in [1.54, 1.807) is 0 Å². The van der Waals surface area contributed by atoms with E-state index in [0.717, 1.165) is 38.2 Å². The van der Waals surface area contributed by atoms with Crippen molar-refractivity contribution >= 4 is 0 Å². The van der Waals surface area contributed by atoms with Crippen LogP contribution in [0.5, 0.6) is 0 Å². The van der Waals surface area contributed by atoms with Gasteiger partial charge in [0, 0.05) is 38.9 Å². The molecule has 1 aromatic carbocycles. The SMILES string of the molecule is CO[C@H]1CCN(Cc2ccccn2)C[C@H]1Cc1cccc(C)c1. The summed E-state index contributed by atoms with van der Waals surface area (Å²) in [4.78, 5) is 6.97. The number of methoxy groups -OCH3 is 1. The maximum absolute atomic E-state index is 5.76. The zero-order valence-corrected chi connectivity index (χ0v) is 14.1. The molecule has 0 aliphatic carbocycles. The molecule has 0 saturated carbocycles. The first-order chi connectivity index (χ1) is 11.2. The molecule has 0 N–H and O–H groups in total. The predicted octanol–water partition coefficient (Wildman–Crippen LogP) is 3.47. The lowest BCUT2D eigenvalue weighted by molar-refractivity contribution is -0.00878. The zero-order chi connectivity index (χ0) is 16.1. The van der Waals surface area contributed by atoms with E-state index in [1.165, 1.54) is 11.1 Å². The Hall–Kier alpha value is -1.71. The molecule has 0 unspecified atom stereocenters. The topological polar surface area (TPSA) is 25.4 Å². The Morgan fingerprint density at radius 1 is 1.22 bits per heavy atom. The highest BCUT2D eigenvalue weighted by molar-refractivity contribution is 5.23. The van der Waals surface area contributed by atoms with E-state index >= 15 is 0 Å². The molecule has 0 spiro atoms. The van der Waals surface area contributed by atoms with Crippen molar-refractivity contribution in [2.75, 3.05) is 20.2 Å². The molecule has 1 aliphatic rings. The number of aromatic nitrogens is 1. The number of piperidine rings is 1. The van der Waals surface area contributed by atoms with Crippen molar-refractivity contribution < 1.29 is 4.74 Å². The van der Waals surface area contributed by atoms with Crippen LogP contribution in [0, 0.1) is 12.8 Å². The van der Waals surface area contributed by atoms with Crippen LogP contribution in [-0.2, 0) is 17.7 Å². The minimum Gasteiger partial charge on any atom is -0.381 e. The summed E-state index contributed by atoms with van der Waals surface area (Å²) >= 11 is 0. The summed E-state index contributed by atoms with van der Waals surface area (Å²) in [5.41, 5.74) is 3.90. The number of nitrogens with zero attached hydrogens (tertiary/aromatic N) is 2. The van der Waals surface area contributed by atoms with Crippen LogP contribution in [0.15, 0.2) is 48.7 Å². The number of ether oxygens (including phenoxy) is 1. The van der Waals surface area contributed by atoms with E-state index in [9.17, 15) is 0 Å². The third kappa shape index (κ3) is 4.40. The second-order valence-electron chi connectivity index (χ2n) is 6.57. The highest BCUT2D eigenvalue weighted by atomic mass is 16.5. The molecule has 122 valence electrons. The first-order valence-corrected chi connectivity index (χ1v) is 8.45. The van der Waals surface area contributed by atoms with Crippen molar-refractivity contribution in [3.05, 3.63) is 65.5 Å². The lowest BCUT2D eigenvalue weighted by Gasteiger charge is -2.38.